The van der Waals surface area contributed by atoms with E-state index in [4.69, 9.17) is 4.98 Å². The molecular weight excluding hydrogens is 356 g/mol. The Morgan fingerprint density at radius 3 is 2.89 bits per heavy atom. The topological polar surface area (TPSA) is 50.5 Å². The van der Waals surface area contributed by atoms with Crippen LogP contribution >= 0.6 is 11.3 Å². The van der Waals surface area contributed by atoms with Crippen LogP contribution in [0.25, 0.3) is 15.9 Å². The number of amides is 1. The molecule has 1 aliphatic rings. The largest absolute Gasteiger partial charge is 0.337 e. The first-order chi connectivity index (χ1) is 13.2. The fourth-order valence-electron chi connectivity index (χ4n) is 3.84. The number of benzene rings is 1. The maximum Gasteiger partial charge on any atom is 0.274 e. The molecule has 1 atom stereocenters. The minimum absolute atomic E-state index is 0.0175. The van der Waals surface area contributed by atoms with Gasteiger partial charge in [0.2, 0.25) is 0 Å². The lowest BCUT2D eigenvalue weighted by molar-refractivity contribution is 0.0702. The highest BCUT2D eigenvalue weighted by Crippen LogP contribution is 2.33. The Balaban J connectivity index is 1.41. The van der Waals surface area contributed by atoms with E-state index in [1.807, 2.05) is 52.8 Å². The second-order valence-corrected chi connectivity index (χ2v) is 8.19. The number of aromatic nitrogens is 3. The monoisotopic (exact) mass is 376 g/mol. The minimum Gasteiger partial charge on any atom is -0.337 e. The van der Waals surface area contributed by atoms with Gasteiger partial charge in [-0.3, -0.25) is 4.79 Å². The first-order valence-corrected chi connectivity index (χ1v) is 10.1. The molecule has 0 saturated carbocycles. The van der Waals surface area contributed by atoms with Gasteiger partial charge in [-0.1, -0.05) is 18.2 Å². The number of rotatable bonds is 2. The van der Waals surface area contributed by atoms with Crippen molar-refractivity contribution in [2.24, 2.45) is 0 Å². The summed E-state index contributed by atoms with van der Waals surface area (Å²) in [6, 6.07) is 14.2. The van der Waals surface area contributed by atoms with Gasteiger partial charge in [0, 0.05) is 30.9 Å². The molecule has 0 N–H and O–H groups in total. The Labute approximate surface area is 161 Å². The first kappa shape index (κ1) is 16.4. The molecule has 1 amide bonds. The second-order valence-electron chi connectivity index (χ2n) is 7.13. The average Bonchev–Trinajstić information content (AvgIpc) is 3.32. The fraction of sp³-hybridized carbons (Fsp3) is 0.286. The van der Waals surface area contributed by atoms with Crippen LogP contribution in [0.5, 0.6) is 0 Å². The number of para-hydroxylation sites is 1. The van der Waals surface area contributed by atoms with Gasteiger partial charge in [0.05, 0.1) is 15.2 Å². The lowest BCUT2D eigenvalue weighted by Crippen LogP contribution is -2.39. The molecule has 0 unspecified atom stereocenters. The van der Waals surface area contributed by atoms with E-state index in [0.717, 1.165) is 41.3 Å². The summed E-state index contributed by atoms with van der Waals surface area (Å²) < 4.78 is 3.19. The summed E-state index contributed by atoms with van der Waals surface area (Å²) in [7, 11) is 0. The molecule has 1 aliphatic heterocycles. The van der Waals surface area contributed by atoms with Crippen LogP contribution in [-0.2, 0) is 0 Å². The highest BCUT2D eigenvalue weighted by Gasteiger charge is 2.28. The Hall–Kier alpha value is -2.73. The number of imidazole rings is 1. The van der Waals surface area contributed by atoms with Gasteiger partial charge in [0.15, 0.2) is 0 Å². The summed E-state index contributed by atoms with van der Waals surface area (Å²) in [5, 5.41) is 1.14. The van der Waals surface area contributed by atoms with Gasteiger partial charge in [-0.05, 0) is 44.0 Å². The molecule has 27 heavy (non-hydrogen) atoms. The second kappa shape index (κ2) is 6.46. The first-order valence-electron chi connectivity index (χ1n) is 9.28. The van der Waals surface area contributed by atoms with E-state index in [1.165, 1.54) is 4.70 Å². The molecule has 1 aromatic carbocycles. The van der Waals surface area contributed by atoms with E-state index in [1.54, 1.807) is 11.3 Å². The van der Waals surface area contributed by atoms with Crippen LogP contribution in [0.3, 0.4) is 0 Å². The smallest absolute Gasteiger partial charge is 0.274 e. The lowest BCUT2D eigenvalue weighted by atomic mass is 9.98. The highest BCUT2D eigenvalue weighted by atomic mass is 32.1. The average molecular weight is 376 g/mol. The Morgan fingerprint density at radius 1 is 1.15 bits per heavy atom. The van der Waals surface area contributed by atoms with E-state index in [2.05, 4.69) is 17.1 Å². The summed E-state index contributed by atoms with van der Waals surface area (Å²) in [5.41, 5.74) is 3.47. The van der Waals surface area contributed by atoms with Crippen LogP contribution in [0.15, 0.2) is 48.7 Å². The number of hydrogen-bond donors (Lipinski definition) is 0. The zero-order valence-corrected chi connectivity index (χ0v) is 15.9. The summed E-state index contributed by atoms with van der Waals surface area (Å²) in [6.07, 6.45) is 3.93. The van der Waals surface area contributed by atoms with Crippen molar-refractivity contribution in [1.82, 2.24) is 19.3 Å². The third-order valence-electron chi connectivity index (χ3n) is 5.28. The molecule has 5 rings (SSSR count). The summed E-state index contributed by atoms with van der Waals surface area (Å²) in [5.74, 6) is 0.322. The Morgan fingerprint density at radius 2 is 2.04 bits per heavy atom. The number of hydrogen-bond acceptors (Lipinski definition) is 4. The van der Waals surface area contributed by atoms with Crippen molar-refractivity contribution < 1.29 is 4.79 Å². The maximum atomic E-state index is 13.1. The lowest BCUT2D eigenvalue weighted by Gasteiger charge is -2.31. The van der Waals surface area contributed by atoms with E-state index in [-0.39, 0.29) is 5.91 Å². The molecule has 1 saturated heterocycles. The van der Waals surface area contributed by atoms with Crippen LogP contribution in [-0.4, -0.2) is 38.3 Å². The standard InChI is InChI=1S/C21H20N4OS/c1-14-6-4-10-19-22-17(13-25(14)19)21(26)24-11-5-7-15(12-24)20-23-16-8-2-3-9-18(16)27-20/h2-4,6,8-10,13,15H,5,7,11-12H2,1H3/t15-/m0/s1. The molecule has 5 nitrogen and oxygen atoms in total. The quantitative estimate of drug-likeness (QED) is 0.525. The van der Waals surface area contributed by atoms with Crippen LogP contribution in [0.2, 0.25) is 0 Å². The molecule has 3 aromatic heterocycles. The van der Waals surface area contributed by atoms with Gasteiger partial charge >= 0.3 is 0 Å². The number of piperidine rings is 1. The number of likely N-dealkylation sites (tertiary alicyclic amines) is 1. The molecule has 4 heterocycles. The maximum absolute atomic E-state index is 13.1. The van der Waals surface area contributed by atoms with Gasteiger partial charge in [-0.25, -0.2) is 9.97 Å². The SMILES string of the molecule is Cc1cccc2nc(C(=O)N3CCC[C@H](c4nc5ccccc5s4)C3)cn12. The van der Waals surface area contributed by atoms with Crippen LogP contribution < -0.4 is 0 Å². The van der Waals surface area contributed by atoms with Crippen LogP contribution in [0.4, 0.5) is 0 Å². The van der Waals surface area contributed by atoms with Crippen molar-refractivity contribution in [3.63, 3.8) is 0 Å². The number of fused-ring (bicyclic) bond motifs is 2. The molecule has 0 radical (unpaired) electrons. The number of carbonyl (C=O) groups excluding carboxylic acids is 1. The van der Waals surface area contributed by atoms with E-state index in [0.29, 0.717) is 18.2 Å². The number of thiazole rings is 1. The van der Waals surface area contributed by atoms with Crippen molar-refractivity contribution in [3.8, 4) is 0 Å². The normalized spacial score (nSPS) is 17.7. The van der Waals surface area contributed by atoms with Crippen LogP contribution in [0.1, 0.15) is 39.9 Å². The molecule has 1 fully saturated rings. The Kier molecular flexibility index (Phi) is 3.93. The zero-order chi connectivity index (χ0) is 18.4. The summed E-state index contributed by atoms with van der Waals surface area (Å²) in [4.78, 5) is 24.4. The predicted octanol–water partition coefficient (Wildman–Crippen LogP) is 4.27. The molecular formula is C21H20N4OS. The van der Waals surface area contributed by atoms with Gasteiger partial charge in [-0.15, -0.1) is 11.3 Å². The number of nitrogens with zero attached hydrogens (tertiary/aromatic N) is 4. The third-order valence-corrected chi connectivity index (χ3v) is 6.48. The Bertz CT molecular complexity index is 1110. The van der Waals surface area contributed by atoms with Gasteiger partial charge in [0.25, 0.3) is 5.91 Å². The van der Waals surface area contributed by atoms with E-state index in [9.17, 15) is 4.79 Å². The van der Waals surface area contributed by atoms with Gasteiger partial charge in [0.1, 0.15) is 11.3 Å². The minimum atomic E-state index is 0.0175. The number of pyridine rings is 1. The molecule has 0 aliphatic carbocycles. The van der Waals surface area contributed by atoms with Gasteiger partial charge < -0.3 is 9.30 Å². The van der Waals surface area contributed by atoms with Gasteiger partial charge in [-0.2, -0.15) is 0 Å². The van der Waals surface area contributed by atoms with Crippen molar-refractivity contribution in [1.29, 1.82) is 0 Å². The highest BCUT2D eigenvalue weighted by molar-refractivity contribution is 7.18. The molecule has 0 bridgehead atoms. The molecule has 0 spiro atoms. The number of carbonyl (C=O) groups is 1. The van der Waals surface area contributed by atoms with Crippen molar-refractivity contribution in [3.05, 3.63) is 65.1 Å². The van der Waals surface area contributed by atoms with E-state index >= 15 is 0 Å². The summed E-state index contributed by atoms with van der Waals surface area (Å²) >= 11 is 1.75. The zero-order valence-electron chi connectivity index (χ0n) is 15.1. The number of aryl methyl sites for hydroxylation is 1. The van der Waals surface area contributed by atoms with Crippen LogP contribution in [0, 0.1) is 6.92 Å². The van der Waals surface area contributed by atoms with Crippen molar-refractivity contribution in [2.45, 2.75) is 25.7 Å². The third kappa shape index (κ3) is 2.90. The fourth-order valence-corrected chi connectivity index (χ4v) is 4.93. The van der Waals surface area contributed by atoms with Crippen molar-refractivity contribution >= 4 is 33.1 Å². The van der Waals surface area contributed by atoms with E-state index < -0.39 is 0 Å². The summed E-state index contributed by atoms with van der Waals surface area (Å²) in [6.45, 7) is 3.52. The molecule has 136 valence electrons. The predicted molar refractivity (Wildman–Crippen MR) is 107 cm³/mol. The molecule has 4 aromatic rings. The molecule has 6 heteroatoms. The van der Waals surface area contributed by atoms with Crippen molar-refractivity contribution in [2.75, 3.05) is 13.1 Å².